The van der Waals surface area contributed by atoms with Crippen molar-refractivity contribution in [2.24, 2.45) is 0 Å². The van der Waals surface area contributed by atoms with Gasteiger partial charge in [-0.3, -0.25) is 0 Å². The van der Waals surface area contributed by atoms with Crippen LogP contribution >= 0.6 is 0 Å². The molecule has 1 aromatic carbocycles. The summed E-state index contributed by atoms with van der Waals surface area (Å²) in [5.41, 5.74) is 0.245. The van der Waals surface area contributed by atoms with Gasteiger partial charge in [-0.05, 0) is 36.4 Å². The molecule has 0 bridgehead atoms. The maximum Gasteiger partial charge on any atom is 0.346 e. The Balaban J connectivity index is 2.32. The van der Waals surface area contributed by atoms with Crippen molar-refractivity contribution in [3.8, 4) is 17.4 Å². The Bertz CT molecular complexity index is 677. The van der Waals surface area contributed by atoms with E-state index in [0.29, 0.717) is 11.3 Å². The van der Waals surface area contributed by atoms with Crippen LogP contribution in [0.4, 0.5) is 4.39 Å². The molecule has 4 nitrogen and oxygen atoms in total. The van der Waals surface area contributed by atoms with Crippen LogP contribution in [-0.4, -0.2) is 11.1 Å². The normalized spacial score (nSPS) is 11.1. The molecule has 0 aliphatic carbocycles. The van der Waals surface area contributed by atoms with Gasteiger partial charge in [0.15, 0.2) is 0 Å². The molecule has 0 radical (unpaired) electrons. The number of hydrogen-bond donors (Lipinski definition) is 1. The molecule has 0 aliphatic heterocycles. The molecule has 19 heavy (non-hydrogen) atoms. The smallest absolute Gasteiger partial charge is 0.346 e. The number of carboxylic acids is 1. The molecule has 0 spiro atoms. The number of nitriles is 1. The molecule has 1 heterocycles. The third kappa shape index (κ3) is 2.87. The third-order valence-corrected chi connectivity index (χ3v) is 2.39. The van der Waals surface area contributed by atoms with E-state index in [-0.39, 0.29) is 11.6 Å². The highest BCUT2D eigenvalue weighted by atomic mass is 19.1. The van der Waals surface area contributed by atoms with E-state index in [1.807, 2.05) is 0 Å². The van der Waals surface area contributed by atoms with Crippen LogP contribution < -0.4 is 0 Å². The minimum Gasteiger partial charge on any atom is -0.477 e. The number of nitrogens with zero attached hydrogens (tertiary/aromatic N) is 1. The fourth-order valence-electron chi connectivity index (χ4n) is 1.48. The van der Waals surface area contributed by atoms with Gasteiger partial charge in [0.1, 0.15) is 29.0 Å². The largest absolute Gasteiger partial charge is 0.477 e. The standard InChI is InChI=1S/C14H8FNO3/c15-11-3-1-9(2-4-11)13-6-5-12(19-13)7-10(8-16)14(17)18/h1-7H,(H,17,18). The molecule has 0 amide bonds. The molecule has 1 N–H and O–H groups in total. The van der Waals surface area contributed by atoms with Gasteiger partial charge in [0.05, 0.1) is 0 Å². The zero-order valence-corrected chi connectivity index (χ0v) is 9.63. The van der Waals surface area contributed by atoms with Crippen molar-refractivity contribution in [2.75, 3.05) is 0 Å². The number of carboxylic acid groups (broad SMARTS) is 1. The second-order valence-electron chi connectivity index (χ2n) is 3.68. The molecule has 2 rings (SSSR count). The van der Waals surface area contributed by atoms with Crippen LogP contribution in [0.15, 0.2) is 46.4 Å². The van der Waals surface area contributed by atoms with Crippen molar-refractivity contribution in [2.45, 2.75) is 0 Å². The van der Waals surface area contributed by atoms with Crippen molar-refractivity contribution in [1.82, 2.24) is 0 Å². The minimum absolute atomic E-state index is 0.248. The lowest BCUT2D eigenvalue weighted by atomic mass is 10.2. The van der Waals surface area contributed by atoms with E-state index in [1.165, 1.54) is 12.1 Å². The molecule has 0 aliphatic rings. The van der Waals surface area contributed by atoms with E-state index in [1.54, 1.807) is 30.3 Å². The lowest BCUT2D eigenvalue weighted by molar-refractivity contribution is -0.132. The minimum atomic E-state index is -1.32. The Morgan fingerprint density at radius 3 is 2.53 bits per heavy atom. The van der Waals surface area contributed by atoms with Gasteiger partial charge >= 0.3 is 5.97 Å². The average molecular weight is 257 g/mol. The fourth-order valence-corrected chi connectivity index (χ4v) is 1.48. The van der Waals surface area contributed by atoms with Gasteiger partial charge in [-0.15, -0.1) is 0 Å². The molecule has 0 saturated carbocycles. The quantitative estimate of drug-likeness (QED) is 0.677. The highest BCUT2D eigenvalue weighted by Gasteiger charge is 2.09. The van der Waals surface area contributed by atoms with E-state index in [2.05, 4.69) is 0 Å². The zero-order chi connectivity index (χ0) is 13.8. The first-order valence-corrected chi connectivity index (χ1v) is 5.31. The van der Waals surface area contributed by atoms with E-state index in [0.717, 1.165) is 6.08 Å². The Hall–Kier alpha value is -2.87. The van der Waals surface area contributed by atoms with Gasteiger partial charge in [0.25, 0.3) is 0 Å². The highest BCUT2D eigenvalue weighted by molar-refractivity contribution is 5.96. The first-order valence-electron chi connectivity index (χ1n) is 5.31. The Morgan fingerprint density at radius 1 is 1.26 bits per heavy atom. The van der Waals surface area contributed by atoms with Gasteiger partial charge in [0, 0.05) is 11.6 Å². The number of aliphatic carboxylic acids is 1. The highest BCUT2D eigenvalue weighted by Crippen LogP contribution is 2.23. The summed E-state index contributed by atoms with van der Waals surface area (Å²) < 4.78 is 18.2. The topological polar surface area (TPSA) is 74.2 Å². The Morgan fingerprint density at radius 2 is 1.95 bits per heavy atom. The first kappa shape index (κ1) is 12.6. The molecule has 1 aromatic heterocycles. The van der Waals surface area contributed by atoms with Crippen LogP contribution in [0.5, 0.6) is 0 Å². The van der Waals surface area contributed by atoms with Crippen molar-refractivity contribution < 1.29 is 18.7 Å². The molecule has 0 saturated heterocycles. The summed E-state index contributed by atoms with van der Waals surface area (Å²) in [6.07, 6.45) is 1.13. The van der Waals surface area contributed by atoms with Gasteiger partial charge in [-0.1, -0.05) is 0 Å². The van der Waals surface area contributed by atoms with Crippen LogP contribution in [0.3, 0.4) is 0 Å². The zero-order valence-electron chi connectivity index (χ0n) is 9.63. The summed E-state index contributed by atoms with van der Waals surface area (Å²) >= 11 is 0. The molecular weight excluding hydrogens is 249 g/mol. The number of hydrogen-bond acceptors (Lipinski definition) is 3. The fraction of sp³-hybridized carbons (Fsp3) is 0. The predicted octanol–water partition coefficient (Wildman–Crippen LogP) is 3.08. The summed E-state index contributed by atoms with van der Waals surface area (Å²) in [6.45, 7) is 0. The molecule has 0 fully saturated rings. The number of carbonyl (C=O) groups is 1. The van der Waals surface area contributed by atoms with Crippen LogP contribution in [0, 0.1) is 17.1 Å². The van der Waals surface area contributed by atoms with Crippen molar-refractivity contribution in [3.05, 3.63) is 53.5 Å². The number of benzene rings is 1. The molecule has 2 aromatic rings. The van der Waals surface area contributed by atoms with Crippen molar-refractivity contribution in [3.63, 3.8) is 0 Å². The number of furan rings is 1. The molecule has 5 heteroatoms. The monoisotopic (exact) mass is 257 g/mol. The molecule has 0 unspecified atom stereocenters. The number of halogens is 1. The van der Waals surface area contributed by atoms with E-state index < -0.39 is 11.5 Å². The second-order valence-corrected chi connectivity index (χ2v) is 3.68. The van der Waals surface area contributed by atoms with Crippen LogP contribution in [-0.2, 0) is 4.79 Å². The SMILES string of the molecule is N#CC(=Cc1ccc(-c2ccc(F)cc2)o1)C(=O)O. The summed E-state index contributed by atoms with van der Waals surface area (Å²) in [4.78, 5) is 10.7. The van der Waals surface area contributed by atoms with E-state index in [9.17, 15) is 9.18 Å². The lowest BCUT2D eigenvalue weighted by Gasteiger charge is -1.96. The first-order chi connectivity index (χ1) is 9.10. The van der Waals surface area contributed by atoms with Crippen LogP contribution in [0.25, 0.3) is 17.4 Å². The average Bonchev–Trinajstić information content (AvgIpc) is 2.85. The van der Waals surface area contributed by atoms with E-state index in [4.69, 9.17) is 14.8 Å². The summed E-state index contributed by atoms with van der Waals surface area (Å²) in [5.74, 6) is -0.956. The van der Waals surface area contributed by atoms with Gasteiger partial charge in [-0.2, -0.15) is 5.26 Å². The summed E-state index contributed by atoms with van der Waals surface area (Å²) in [6, 6.07) is 10.4. The molecule has 0 atom stereocenters. The summed E-state index contributed by atoms with van der Waals surface area (Å²) in [5, 5.41) is 17.3. The maximum atomic E-state index is 12.8. The Labute approximate surface area is 108 Å². The third-order valence-electron chi connectivity index (χ3n) is 2.39. The van der Waals surface area contributed by atoms with Crippen molar-refractivity contribution >= 4 is 12.0 Å². The number of rotatable bonds is 3. The van der Waals surface area contributed by atoms with Gasteiger partial charge in [-0.25, -0.2) is 9.18 Å². The molecule has 94 valence electrons. The molecular formula is C14H8FNO3. The lowest BCUT2D eigenvalue weighted by Crippen LogP contribution is -1.96. The van der Waals surface area contributed by atoms with Crippen LogP contribution in [0.2, 0.25) is 0 Å². The van der Waals surface area contributed by atoms with Gasteiger partial charge < -0.3 is 9.52 Å². The maximum absolute atomic E-state index is 12.8. The second kappa shape index (κ2) is 5.19. The van der Waals surface area contributed by atoms with Gasteiger partial charge in [0.2, 0.25) is 0 Å². The van der Waals surface area contributed by atoms with Crippen molar-refractivity contribution in [1.29, 1.82) is 5.26 Å². The summed E-state index contributed by atoms with van der Waals surface area (Å²) in [7, 11) is 0. The predicted molar refractivity (Wildman–Crippen MR) is 65.3 cm³/mol. The van der Waals surface area contributed by atoms with Crippen LogP contribution in [0.1, 0.15) is 5.76 Å². The Kier molecular flexibility index (Phi) is 3.44. The van der Waals surface area contributed by atoms with E-state index >= 15 is 0 Å².